The molecule has 0 saturated heterocycles. The van der Waals surface area contributed by atoms with Gasteiger partial charge < -0.3 is 0 Å². The van der Waals surface area contributed by atoms with Crippen LogP contribution >= 0.6 is 0 Å². The number of benzene rings is 4. The number of hydrogen-bond donors (Lipinski definition) is 0. The van der Waals surface area contributed by atoms with Gasteiger partial charge in [-0.15, -0.1) is 0 Å². The lowest BCUT2D eigenvalue weighted by Crippen LogP contribution is -2.25. The zero-order valence-electron chi connectivity index (χ0n) is 13.6. The summed E-state index contributed by atoms with van der Waals surface area (Å²) in [6.45, 7) is 0. The quantitative estimate of drug-likeness (QED) is 0.341. The molecule has 0 saturated carbocycles. The molecule has 0 heteroatoms. The highest BCUT2D eigenvalue weighted by molar-refractivity contribution is 5.94. The van der Waals surface area contributed by atoms with Crippen LogP contribution in [0.1, 0.15) is 22.3 Å². The summed E-state index contributed by atoms with van der Waals surface area (Å²) in [6, 6.07) is 37.1. The summed E-state index contributed by atoms with van der Waals surface area (Å²) in [5.41, 5.74) is 10.5. The SMILES string of the molecule is [c]1ccc2c(c1)C1(c3c[c]ccc3-2)c2ccccc2-c2ccccc21. The third-order valence-corrected chi connectivity index (χ3v) is 5.78. The smallest absolute Gasteiger partial charge is 0.0619 e. The Kier molecular flexibility index (Phi) is 2.37. The molecule has 0 bridgehead atoms. The van der Waals surface area contributed by atoms with Gasteiger partial charge >= 0.3 is 0 Å². The molecule has 2 aliphatic carbocycles. The first-order chi connectivity index (χ1) is 12.4. The van der Waals surface area contributed by atoms with Gasteiger partial charge in [0.1, 0.15) is 0 Å². The molecule has 2 aliphatic rings. The van der Waals surface area contributed by atoms with Gasteiger partial charge in [0, 0.05) is 0 Å². The van der Waals surface area contributed by atoms with E-state index in [9.17, 15) is 0 Å². The molecular formula is C25H14. The second-order valence-corrected chi connectivity index (χ2v) is 6.78. The van der Waals surface area contributed by atoms with Crippen molar-refractivity contribution >= 4 is 0 Å². The fourth-order valence-corrected chi connectivity index (χ4v) is 4.91. The van der Waals surface area contributed by atoms with Crippen LogP contribution in [0.2, 0.25) is 0 Å². The van der Waals surface area contributed by atoms with E-state index in [2.05, 4.69) is 84.9 Å². The van der Waals surface area contributed by atoms with Crippen molar-refractivity contribution in [1.29, 1.82) is 0 Å². The predicted octanol–water partition coefficient (Wildman–Crippen LogP) is 5.63. The summed E-state index contributed by atoms with van der Waals surface area (Å²) < 4.78 is 0. The molecule has 0 N–H and O–H groups in total. The van der Waals surface area contributed by atoms with Gasteiger partial charge in [-0.25, -0.2) is 0 Å². The maximum absolute atomic E-state index is 3.33. The van der Waals surface area contributed by atoms with E-state index >= 15 is 0 Å². The second-order valence-electron chi connectivity index (χ2n) is 6.78. The second kappa shape index (κ2) is 4.49. The van der Waals surface area contributed by atoms with Crippen molar-refractivity contribution in [1.82, 2.24) is 0 Å². The average Bonchev–Trinajstić information content (AvgIpc) is 3.16. The highest BCUT2D eigenvalue weighted by atomic mass is 14.5. The zero-order chi connectivity index (χ0) is 16.4. The summed E-state index contributed by atoms with van der Waals surface area (Å²) in [5, 5.41) is 0. The molecule has 0 atom stereocenters. The molecule has 2 radical (unpaired) electrons. The van der Waals surface area contributed by atoms with Gasteiger partial charge in [0.15, 0.2) is 0 Å². The first-order valence-electron chi connectivity index (χ1n) is 8.63. The Morgan fingerprint density at radius 1 is 0.480 bits per heavy atom. The molecule has 0 fully saturated rings. The van der Waals surface area contributed by atoms with E-state index in [0.717, 1.165) is 0 Å². The molecule has 0 nitrogen and oxygen atoms in total. The summed E-state index contributed by atoms with van der Waals surface area (Å²) in [7, 11) is 0. The Morgan fingerprint density at radius 2 is 0.920 bits per heavy atom. The molecule has 1 spiro atoms. The molecule has 6 rings (SSSR count). The van der Waals surface area contributed by atoms with Crippen molar-refractivity contribution in [3.05, 3.63) is 119 Å². The molecule has 114 valence electrons. The lowest BCUT2D eigenvalue weighted by Gasteiger charge is -2.30. The van der Waals surface area contributed by atoms with E-state index in [0.29, 0.717) is 0 Å². The molecule has 0 heterocycles. The summed E-state index contributed by atoms with van der Waals surface area (Å²) in [5.74, 6) is 0. The van der Waals surface area contributed by atoms with Crippen LogP contribution in [0.4, 0.5) is 0 Å². The molecule has 0 amide bonds. The predicted molar refractivity (Wildman–Crippen MR) is 100 cm³/mol. The maximum Gasteiger partial charge on any atom is 0.0725 e. The van der Waals surface area contributed by atoms with E-state index in [1.54, 1.807) is 0 Å². The Balaban J connectivity index is 1.89. The van der Waals surface area contributed by atoms with Gasteiger partial charge in [-0.2, -0.15) is 0 Å². The van der Waals surface area contributed by atoms with Crippen molar-refractivity contribution in [3.8, 4) is 22.3 Å². The van der Waals surface area contributed by atoms with Crippen LogP contribution in [-0.2, 0) is 5.41 Å². The van der Waals surface area contributed by atoms with Crippen molar-refractivity contribution in [2.24, 2.45) is 0 Å². The largest absolute Gasteiger partial charge is 0.0725 e. The van der Waals surface area contributed by atoms with Gasteiger partial charge in [-0.3, -0.25) is 0 Å². The van der Waals surface area contributed by atoms with Crippen LogP contribution < -0.4 is 0 Å². The fraction of sp³-hybridized carbons (Fsp3) is 0.0400. The Labute approximate surface area is 147 Å². The monoisotopic (exact) mass is 314 g/mol. The minimum atomic E-state index is -0.243. The normalized spacial score (nSPS) is 14.7. The number of hydrogen-bond acceptors (Lipinski definition) is 0. The minimum Gasteiger partial charge on any atom is -0.0619 e. The van der Waals surface area contributed by atoms with Crippen molar-refractivity contribution in [2.45, 2.75) is 5.41 Å². The fourth-order valence-electron chi connectivity index (χ4n) is 4.91. The number of rotatable bonds is 0. The molecule has 4 aromatic carbocycles. The van der Waals surface area contributed by atoms with E-state index in [4.69, 9.17) is 0 Å². The van der Waals surface area contributed by atoms with Crippen LogP contribution in [-0.4, -0.2) is 0 Å². The Bertz CT molecular complexity index is 962. The first kappa shape index (κ1) is 13.2. The minimum absolute atomic E-state index is 0.243. The Hall–Kier alpha value is -3.12. The molecule has 0 aromatic heterocycles. The third kappa shape index (κ3) is 1.40. The molecule has 0 unspecified atom stereocenters. The van der Waals surface area contributed by atoms with E-state index in [1.165, 1.54) is 44.5 Å². The number of fused-ring (bicyclic) bond motifs is 10. The maximum atomic E-state index is 3.33. The average molecular weight is 314 g/mol. The lowest BCUT2D eigenvalue weighted by atomic mass is 9.70. The van der Waals surface area contributed by atoms with Gasteiger partial charge in [0.2, 0.25) is 0 Å². The van der Waals surface area contributed by atoms with Crippen molar-refractivity contribution in [2.75, 3.05) is 0 Å². The van der Waals surface area contributed by atoms with E-state index in [1.807, 2.05) is 12.1 Å². The van der Waals surface area contributed by atoms with Gasteiger partial charge in [0.25, 0.3) is 0 Å². The van der Waals surface area contributed by atoms with E-state index < -0.39 is 0 Å². The molecular weight excluding hydrogens is 300 g/mol. The summed E-state index contributed by atoms with van der Waals surface area (Å²) in [4.78, 5) is 0. The first-order valence-corrected chi connectivity index (χ1v) is 8.63. The van der Waals surface area contributed by atoms with Crippen LogP contribution in [0.15, 0.2) is 84.9 Å². The molecule has 0 aliphatic heterocycles. The van der Waals surface area contributed by atoms with Crippen molar-refractivity contribution in [3.63, 3.8) is 0 Å². The van der Waals surface area contributed by atoms with Crippen LogP contribution in [0.3, 0.4) is 0 Å². The third-order valence-electron chi connectivity index (χ3n) is 5.78. The molecule has 4 aromatic rings. The summed E-state index contributed by atoms with van der Waals surface area (Å²) in [6.07, 6.45) is 0. The van der Waals surface area contributed by atoms with Crippen LogP contribution in [0.25, 0.3) is 22.3 Å². The zero-order valence-corrected chi connectivity index (χ0v) is 13.6. The lowest BCUT2D eigenvalue weighted by molar-refractivity contribution is 0.793. The van der Waals surface area contributed by atoms with Gasteiger partial charge in [0.05, 0.1) is 5.41 Å². The van der Waals surface area contributed by atoms with Crippen LogP contribution in [0, 0.1) is 12.1 Å². The van der Waals surface area contributed by atoms with Crippen molar-refractivity contribution < 1.29 is 0 Å². The summed E-state index contributed by atoms with van der Waals surface area (Å²) >= 11 is 0. The topological polar surface area (TPSA) is 0 Å². The highest BCUT2D eigenvalue weighted by Crippen LogP contribution is 2.62. The highest BCUT2D eigenvalue weighted by Gasteiger charge is 2.51. The molecule has 25 heavy (non-hydrogen) atoms. The Morgan fingerprint density at radius 3 is 1.44 bits per heavy atom. The van der Waals surface area contributed by atoms with Gasteiger partial charge in [-0.1, -0.05) is 72.8 Å². The van der Waals surface area contributed by atoms with Crippen LogP contribution in [0.5, 0.6) is 0 Å². The standard InChI is InChI=1S/C25H14/c1-5-13-21-17(9-1)18-10-2-6-14-22(18)25(21)23-15-7-3-11-19(23)20-12-4-8-16-24(20)25/h1-6,9-16H. The van der Waals surface area contributed by atoms with Gasteiger partial charge in [-0.05, 0) is 68.8 Å². The van der Waals surface area contributed by atoms with E-state index in [-0.39, 0.29) is 5.41 Å².